The van der Waals surface area contributed by atoms with Crippen molar-refractivity contribution in [1.82, 2.24) is 14.7 Å². The van der Waals surface area contributed by atoms with E-state index in [1.54, 1.807) is 35.8 Å². The van der Waals surface area contributed by atoms with Gasteiger partial charge >= 0.3 is 0 Å². The van der Waals surface area contributed by atoms with Gasteiger partial charge in [0.05, 0.1) is 7.11 Å². The fraction of sp³-hybridized carbons (Fsp3) is 0.348. The van der Waals surface area contributed by atoms with Crippen LogP contribution >= 0.6 is 0 Å². The third-order valence-corrected chi connectivity index (χ3v) is 5.51. The first kappa shape index (κ1) is 19.9. The summed E-state index contributed by atoms with van der Waals surface area (Å²) >= 11 is 0. The number of nitrogens with one attached hydrogen (secondary N) is 2. The van der Waals surface area contributed by atoms with Crippen LogP contribution in [0.25, 0.3) is 5.65 Å². The minimum absolute atomic E-state index is 0.159. The number of imidazole rings is 1. The first-order valence-corrected chi connectivity index (χ1v) is 10.3. The van der Waals surface area contributed by atoms with Gasteiger partial charge in [0.25, 0.3) is 11.8 Å². The summed E-state index contributed by atoms with van der Waals surface area (Å²) in [7, 11) is 1.57. The lowest BCUT2D eigenvalue weighted by atomic mass is 9.95. The van der Waals surface area contributed by atoms with Crippen molar-refractivity contribution in [2.24, 2.45) is 0 Å². The van der Waals surface area contributed by atoms with Crippen LogP contribution in [-0.4, -0.2) is 34.4 Å². The molecule has 3 aromatic rings. The monoisotopic (exact) mass is 406 g/mol. The van der Waals surface area contributed by atoms with Crippen LogP contribution in [0.4, 0.5) is 5.82 Å². The molecule has 1 saturated carbocycles. The van der Waals surface area contributed by atoms with Crippen molar-refractivity contribution < 1.29 is 14.3 Å². The number of methoxy groups -OCH3 is 1. The number of hydrogen-bond donors (Lipinski definition) is 2. The summed E-state index contributed by atoms with van der Waals surface area (Å²) in [5.41, 5.74) is 2.42. The summed E-state index contributed by atoms with van der Waals surface area (Å²) in [6.07, 6.45) is 7.28. The Balaban J connectivity index is 1.65. The zero-order valence-electron chi connectivity index (χ0n) is 17.3. The Morgan fingerprint density at radius 2 is 1.77 bits per heavy atom. The van der Waals surface area contributed by atoms with Gasteiger partial charge in [0.15, 0.2) is 11.5 Å². The topological polar surface area (TPSA) is 84.7 Å². The van der Waals surface area contributed by atoms with E-state index in [0.29, 0.717) is 22.7 Å². The number of hydrogen-bond acceptors (Lipinski definition) is 4. The van der Waals surface area contributed by atoms with Crippen LogP contribution in [0.2, 0.25) is 0 Å². The van der Waals surface area contributed by atoms with Gasteiger partial charge in [-0.1, -0.05) is 25.3 Å². The van der Waals surface area contributed by atoms with E-state index in [-0.39, 0.29) is 23.7 Å². The first-order valence-electron chi connectivity index (χ1n) is 10.3. The second-order valence-corrected chi connectivity index (χ2v) is 7.73. The van der Waals surface area contributed by atoms with Crippen molar-refractivity contribution in [2.75, 3.05) is 12.4 Å². The van der Waals surface area contributed by atoms with Gasteiger partial charge in [0.2, 0.25) is 0 Å². The van der Waals surface area contributed by atoms with Crippen molar-refractivity contribution in [3.63, 3.8) is 0 Å². The number of anilines is 1. The lowest BCUT2D eigenvalue weighted by molar-refractivity contribution is 0.0922. The molecule has 0 bridgehead atoms. The molecule has 0 aliphatic heterocycles. The molecule has 4 rings (SSSR count). The van der Waals surface area contributed by atoms with Gasteiger partial charge in [-0.15, -0.1) is 0 Å². The highest BCUT2D eigenvalue weighted by Gasteiger charge is 2.24. The quantitative estimate of drug-likeness (QED) is 0.672. The van der Waals surface area contributed by atoms with Crippen molar-refractivity contribution in [3.05, 3.63) is 59.4 Å². The lowest BCUT2D eigenvalue weighted by Crippen LogP contribution is -2.37. The van der Waals surface area contributed by atoms with E-state index in [2.05, 4.69) is 15.6 Å². The van der Waals surface area contributed by atoms with Gasteiger partial charge in [-0.05, 0) is 55.7 Å². The molecule has 0 radical (unpaired) electrons. The number of aromatic nitrogens is 2. The summed E-state index contributed by atoms with van der Waals surface area (Å²) in [4.78, 5) is 30.5. The van der Waals surface area contributed by atoms with Gasteiger partial charge < -0.3 is 15.4 Å². The van der Waals surface area contributed by atoms with Gasteiger partial charge in [-0.2, -0.15) is 0 Å². The number of fused-ring (bicyclic) bond motifs is 1. The third kappa shape index (κ3) is 4.15. The maximum absolute atomic E-state index is 13.2. The van der Waals surface area contributed by atoms with E-state index in [1.807, 2.05) is 25.3 Å². The highest BCUT2D eigenvalue weighted by atomic mass is 16.5. The van der Waals surface area contributed by atoms with Crippen LogP contribution in [0.15, 0.2) is 42.6 Å². The average molecular weight is 406 g/mol. The van der Waals surface area contributed by atoms with Crippen molar-refractivity contribution >= 4 is 23.3 Å². The van der Waals surface area contributed by atoms with Gasteiger partial charge in [0.1, 0.15) is 11.4 Å². The van der Waals surface area contributed by atoms with Crippen LogP contribution in [0, 0.1) is 6.92 Å². The predicted octanol–water partition coefficient (Wildman–Crippen LogP) is 3.97. The molecule has 0 saturated heterocycles. The van der Waals surface area contributed by atoms with Crippen LogP contribution in [0.5, 0.6) is 5.75 Å². The van der Waals surface area contributed by atoms with Crippen molar-refractivity contribution in [3.8, 4) is 5.75 Å². The number of rotatable bonds is 5. The molecule has 2 heterocycles. The molecular formula is C23H26N4O3. The van der Waals surface area contributed by atoms with E-state index in [0.717, 1.165) is 31.2 Å². The third-order valence-electron chi connectivity index (χ3n) is 5.51. The Morgan fingerprint density at radius 3 is 2.47 bits per heavy atom. The maximum Gasteiger partial charge on any atom is 0.272 e. The van der Waals surface area contributed by atoms with E-state index in [4.69, 9.17) is 4.74 Å². The molecular weight excluding hydrogens is 380 g/mol. The van der Waals surface area contributed by atoms with E-state index >= 15 is 0 Å². The largest absolute Gasteiger partial charge is 0.497 e. The lowest BCUT2D eigenvalue weighted by Gasteiger charge is -2.22. The molecule has 1 aliphatic carbocycles. The van der Waals surface area contributed by atoms with Gasteiger partial charge in [-0.25, -0.2) is 4.98 Å². The molecule has 2 N–H and O–H groups in total. The number of ether oxygens (including phenoxy) is 1. The zero-order valence-corrected chi connectivity index (χ0v) is 17.3. The molecule has 1 fully saturated rings. The highest BCUT2D eigenvalue weighted by Crippen LogP contribution is 2.22. The van der Waals surface area contributed by atoms with Crippen molar-refractivity contribution in [1.29, 1.82) is 0 Å². The number of aryl methyl sites for hydroxylation is 1. The first-order chi connectivity index (χ1) is 14.5. The molecule has 30 heavy (non-hydrogen) atoms. The average Bonchev–Trinajstić information content (AvgIpc) is 3.11. The van der Waals surface area contributed by atoms with E-state index in [9.17, 15) is 9.59 Å². The fourth-order valence-corrected chi connectivity index (χ4v) is 3.88. The normalized spacial score (nSPS) is 14.5. The molecule has 7 nitrogen and oxygen atoms in total. The number of amides is 2. The van der Waals surface area contributed by atoms with E-state index in [1.165, 1.54) is 6.42 Å². The summed E-state index contributed by atoms with van der Waals surface area (Å²) in [5.74, 6) is 0.381. The molecule has 1 aromatic carbocycles. The summed E-state index contributed by atoms with van der Waals surface area (Å²) in [6, 6.07) is 10.7. The summed E-state index contributed by atoms with van der Waals surface area (Å²) < 4.78 is 6.89. The summed E-state index contributed by atoms with van der Waals surface area (Å²) in [5, 5.41) is 5.95. The Kier molecular flexibility index (Phi) is 5.70. The molecule has 7 heteroatoms. The zero-order chi connectivity index (χ0) is 21.1. The standard InChI is InChI=1S/C23H26N4O3/c1-15-8-13-19-25-21(26-22(28)16-9-11-18(30-2)12-10-16)20(27(19)14-15)23(29)24-17-6-4-3-5-7-17/h8-14,17H,3-7H2,1-2H3,(H,24,29)(H,26,28). The van der Waals surface area contributed by atoms with Crippen LogP contribution in [0.1, 0.15) is 58.5 Å². The van der Waals surface area contributed by atoms with Crippen LogP contribution in [0.3, 0.4) is 0 Å². The number of pyridine rings is 1. The van der Waals surface area contributed by atoms with Crippen LogP contribution < -0.4 is 15.4 Å². The van der Waals surface area contributed by atoms with Gasteiger partial charge in [0, 0.05) is 17.8 Å². The maximum atomic E-state index is 13.2. The highest BCUT2D eigenvalue weighted by molar-refractivity contribution is 6.08. The molecule has 0 unspecified atom stereocenters. The molecule has 2 amide bonds. The molecule has 2 aromatic heterocycles. The Morgan fingerprint density at radius 1 is 1.03 bits per heavy atom. The number of nitrogens with zero attached hydrogens (tertiary/aromatic N) is 2. The van der Waals surface area contributed by atoms with Gasteiger partial charge in [-0.3, -0.25) is 14.0 Å². The predicted molar refractivity (Wildman–Crippen MR) is 115 cm³/mol. The second-order valence-electron chi connectivity index (χ2n) is 7.73. The molecule has 1 aliphatic rings. The number of carbonyl (C=O) groups excluding carboxylic acids is 2. The minimum atomic E-state index is -0.329. The minimum Gasteiger partial charge on any atom is -0.497 e. The molecule has 156 valence electrons. The Hall–Kier alpha value is -3.35. The van der Waals surface area contributed by atoms with E-state index < -0.39 is 0 Å². The number of carbonyl (C=O) groups is 2. The Bertz CT molecular complexity index is 1070. The molecule has 0 atom stereocenters. The summed E-state index contributed by atoms with van der Waals surface area (Å²) in [6.45, 7) is 1.96. The number of benzene rings is 1. The fourth-order valence-electron chi connectivity index (χ4n) is 3.88. The smallest absolute Gasteiger partial charge is 0.272 e. The second kappa shape index (κ2) is 8.57. The SMILES string of the molecule is COc1ccc(C(=O)Nc2nc3ccc(C)cn3c2C(=O)NC2CCCCC2)cc1. The Labute approximate surface area is 175 Å². The van der Waals surface area contributed by atoms with Crippen molar-refractivity contribution in [2.45, 2.75) is 45.1 Å². The van der Waals surface area contributed by atoms with Crippen LogP contribution in [-0.2, 0) is 0 Å². The molecule has 0 spiro atoms.